The lowest BCUT2D eigenvalue weighted by Gasteiger charge is -2.25. The van der Waals surface area contributed by atoms with Crippen LogP contribution < -0.4 is 4.74 Å². The molecule has 0 aliphatic carbocycles. The number of carbonyl (C=O) groups excluding carboxylic acids is 2. The van der Waals surface area contributed by atoms with Gasteiger partial charge in [-0.2, -0.15) is 0 Å². The van der Waals surface area contributed by atoms with E-state index in [0.29, 0.717) is 30.9 Å². The molecular weight excluding hydrogens is 382 g/mol. The second-order valence-electron chi connectivity index (χ2n) is 7.41. The molecule has 0 bridgehead atoms. The first-order valence-electron chi connectivity index (χ1n) is 10.0. The number of aliphatic hydroxyl groups excluding tert-OH is 1. The minimum atomic E-state index is -0.686. The van der Waals surface area contributed by atoms with Crippen molar-refractivity contribution >= 4 is 17.4 Å². The summed E-state index contributed by atoms with van der Waals surface area (Å²) in [5.41, 5.74) is 1.28. The van der Waals surface area contributed by atoms with Crippen molar-refractivity contribution in [2.75, 3.05) is 20.3 Å². The van der Waals surface area contributed by atoms with Crippen molar-refractivity contribution in [2.24, 2.45) is 0 Å². The molecular formula is C24H27NO5. The number of aliphatic hydroxyl groups is 1. The molecule has 1 atom stereocenters. The predicted octanol–water partition coefficient (Wildman–Crippen LogP) is 3.93. The number of hydrogen-bond acceptors (Lipinski definition) is 5. The molecule has 1 heterocycles. The zero-order chi connectivity index (χ0) is 21.7. The highest BCUT2D eigenvalue weighted by molar-refractivity contribution is 6.46. The van der Waals surface area contributed by atoms with Crippen molar-refractivity contribution in [2.45, 2.75) is 32.4 Å². The van der Waals surface area contributed by atoms with Crippen LogP contribution in [-0.4, -0.2) is 48.1 Å². The number of ketones is 1. The van der Waals surface area contributed by atoms with Gasteiger partial charge in [-0.05, 0) is 38.0 Å². The third-order valence-electron chi connectivity index (χ3n) is 4.99. The fourth-order valence-corrected chi connectivity index (χ4v) is 3.57. The Hall–Kier alpha value is -3.12. The van der Waals surface area contributed by atoms with Crippen LogP contribution in [0.1, 0.15) is 37.4 Å². The molecule has 6 heteroatoms. The number of ether oxygens (including phenoxy) is 2. The standard InChI is InChI=1S/C24H27NO5/c1-16(2)30-14-8-13-25-21(17-9-5-4-6-10-17)20(23(27)24(25)28)22(26)18-11-7-12-19(15-18)29-3/h4-7,9-12,15-16,21,26H,8,13-14H2,1-3H3/b22-20+. The van der Waals surface area contributed by atoms with Crippen LogP contribution in [0.5, 0.6) is 5.75 Å². The average molecular weight is 409 g/mol. The molecule has 0 aromatic heterocycles. The van der Waals surface area contributed by atoms with Gasteiger partial charge < -0.3 is 19.5 Å². The van der Waals surface area contributed by atoms with Gasteiger partial charge in [0.15, 0.2) is 0 Å². The highest BCUT2D eigenvalue weighted by Crippen LogP contribution is 2.39. The summed E-state index contributed by atoms with van der Waals surface area (Å²) in [4.78, 5) is 27.3. The zero-order valence-electron chi connectivity index (χ0n) is 17.5. The Morgan fingerprint density at radius 1 is 1.10 bits per heavy atom. The van der Waals surface area contributed by atoms with Crippen molar-refractivity contribution in [3.63, 3.8) is 0 Å². The van der Waals surface area contributed by atoms with Crippen LogP contribution >= 0.6 is 0 Å². The Balaban J connectivity index is 2.01. The van der Waals surface area contributed by atoms with Crippen molar-refractivity contribution in [3.05, 3.63) is 71.3 Å². The largest absolute Gasteiger partial charge is 0.507 e. The van der Waals surface area contributed by atoms with Gasteiger partial charge in [0.25, 0.3) is 11.7 Å². The highest BCUT2D eigenvalue weighted by atomic mass is 16.5. The third kappa shape index (κ3) is 4.54. The molecule has 2 aromatic rings. The molecule has 1 unspecified atom stereocenters. The highest BCUT2D eigenvalue weighted by Gasteiger charge is 2.45. The quantitative estimate of drug-likeness (QED) is 0.309. The maximum absolute atomic E-state index is 12.9. The lowest BCUT2D eigenvalue weighted by molar-refractivity contribution is -0.140. The molecule has 0 radical (unpaired) electrons. The summed E-state index contributed by atoms with van der Waals surface area (Å²) >= 11 is 0. The molecule has 0 saturated carbocycles. The summed E-state index contributed by atoms with van der Waals surface area (Å²) in [5, 5.41) is 11.0. The van der Waals surface area contributed by atoms with E-state index in [0.717, 1.165) is 5.56 Å². The van der Waals surface area contributed by atoms with E-state index < -0.39 is 17.7 Å². The molecule has 2 aromatic carbocycles. The molecule has 30 heavy (non-hydrogen) atoms. The van der Waals surface area contributed by atoms with E-state index in [1.54, 1.807) is 24.3 Å². The van der Waals surface area contributed by atoms with Crippen LogP contribution in [0.4, 0.5) is 0 Å². The first-order chi connectivity index (χ1) is 14.4. The number of likely N-dealkylation sites (tertiary alicyclic amines) is 1. The number of nitrogens with zero attached hydrogens (tertiary/aromatic N) is 1. The minimum Gasteiger partial charge on any atom is -0.507 e. The number of benzene rings is 2. The molecule has 1 fully saturated rings. The van der Waals surface area contributed by atoms with E-state index in [4.69, 9.17) is 9.47 Å². The van der Waals surface area contributed by atoms with Crippen molar-refractivity contribution in [1.29, 1.82) is 0 Å². The van der Waals surface area contributed by atoms with E-state index in [2.05, 4.69) is 0 Å². The number of amides is 1. The summed E-state index contributed by atoms with van der Waals surface area (Å²) in [6, 6.07) is 15.4. The van der Waals surface area contributed by atoms with Crippen molar-refractivity contribution in [1.82, 2.24) is 4.90 Å². The summed E-state index contributed by atoms with van der Waals surface area (Å²) in [6.45, 7) is 4.73. The Morgan fingerprint density at radius 2 is 1.83 bits per heavy atom. The summed E-state index contributed by atoms with van der Waals surface area (Å²) in [7, 11) is 1.53. The zero-order valence-corrected chi connectivity index (χ0v) is 17.5. The molecule has 158 valence electrons. The number of Topliss-reactive ketones (excluding diaryl/α,β-unsaturated/α-hetero) is 1. The number of methoxy groups -OCH3 is 1. The van der Waals surface area contributed by atoms with Crippen molar-refractivity contribution in [3.8, 4) is 5.75 Å². The Bertz CT molecular complexity index is 936. The smallest absolute Gasteiger partial charge is 0.295 e. The van der Waals surface area contributed by atoms with Crippen LogP contribution in [0, 0.1) is 0 Å². The fourth-order valence-electron chi connectivity index (χ4n) is 3.57. The van der Waals surface area contributed by atoms with E-state index in [-0.39, 0.29) is 17.4 Å². The lowest BCUT2D eigenvalue weighted by atomic mass is 9.95. The Kier molecular flexibility index (Phi) is 6.90. The van der Waals surface area contributed by atoms with Crippen LogP contribution in [0.2, 0.25) is 0 Å². The van der Waals surface area contributed by atoms with Crippen LogP contribution in [0.15, 0.2) is 60.2 Å². The Labute approximate surface area is 176 Å². The lowest BCUT2D eigenvalue weighted by Crippen LogP contribution is -2.31. The second-order valence-corrected chi connectivity index (χ2v) is 7.41. The molecule has 1 N–H and O–H groups in total. The van der Waals surface area contributed by atoms with E-state index in [1.807, 2.05) is 44.2 Å². The van der Waals surface area contributed by atoms with E-state index in [1.165, 1.54) is 12.0 Å². The van der Waals surface area contributed by atoms with Gasteiger partial charge >= 0.3 is 0 Å². The van der Waals surface area contributed by atoms with Crippen LogP contribution in [-0.2, 0) is 14.3 Å². The second kappa shape index (κ2) is 9.59. The van der Waals surface area contributed by atoms with Gasteiger partial charge in [0, 0.05) is 18.7 Å². The van der Waals surface area contributed by atoms with Gasteiger partial charge in [0.05, 0.1) is 24.8 Å². The van der Waals surface area contributed by atoms with Gasteiger partial charge in [-0.15, -0.1) is 0 Å². The maximum Gasteiger partial charge on any atom is 0.295 e. The van der Waals surface area contributed by atoms with Gasteiger partial charge in [0.1, 0.15) is 11.5 Å². The third-order valence-corrected chi connectivity index (χ3v) is 4.99. The molecule has 1 aliphatic heterocycles. The normalized spacial score (nSPS) is 18.3. The fraction of sp³-hybridized carbons (Fsp3) is 0.333. The monoisotopic (exact) mass is 409 g/mol. The molecule has 1 aliphatic rings. The predicted molar refractivity (Wildman–Crippen MR) is 114 cm³/mol. The van der Waals surface area contributed by atoms with Gasteiger partial charge in [-0.3, -0.25) is 9.59 Å². The van der Waals surface area contributed by atoms with Crippen LogP contribution in [0.25, 0.3) is 5.76 Å². The molecule has 3 rings (SSSR count). The van der Waals surface area contributed by atoms with E-state index in [9.17, 15) is 14.7 Å². The first kappa shape index (κ1) is 21.6. The average Bonchev–Trinajstić information content (AvgIpc) is 3.01. The van der Waals surface area contributed by atoms with Gasteiger partial charge in [-0.25, -0.2) is 0 Å². The van der Waals surface area contributed by atoms with Crippen LogP contribution in [0.3, 0.4) is 0 Å². The van der Waals surface area contributed by atoms with E-state index >= 15 is 0 Å². The minimum absolute atomic E-state index is 0.0873. The molecule has 1 amide bonds. The van der Waals surface area contributed by atoms with Crippen molar-refractivity contribution < 1.29 is 24.2 Å². The topological polar surface area (TPSA) is 76.1 Å². The summed E-state index contributed by atoms with van der Waals surface area (Å²) < 4.78 is 10.8. The number of carbonyl (C=O) groups is 2. The summed E-state index contributed by atoms with van der Waals surface area (Å²) in [5.74, 6) is -0.954. The molecule has 0 spiro atoms. The summed E-state index contributed by atoms with van der Waals surface area (Å²) in [6.07, 6.45) is 0.687. The number of hydrogen-bond donors (Lipinski definition) is 1. The van der Waals surface area contributed by atoms with Gasteiger partial charge in [-0.1, -0.05) is 42.5 Å². The SMILES string of the molecule is COc1cccc(/C(O)=C2\C(=O)C(=O)N(CCCOC(C)C)C2c2ccccc2)c1. The number of rotatable bonds is 8. The van der Waals surface area contributed by atoms with Gasteiger partial charge in [0.2, 0.25) is 0 Å². The maximum atomic E-state index is 12.9. The first-order valence-corrected chi connectivity index (χ1v) is 10.0. The molecule has 1 saturated heterocycles. The molecule has 6 nitrogen and oxygen atoms in total. The Morgan fingerprint density at radius 3 is 2.50 bits per heavy atom.